The highest BCUT2D eigenvalue weighted by molar-refractivity contribution is 6.34. The molecule has 1 aromatic heterocycles. The molecule has 1 amide bonds. The van der Waals surface area contributed by atoms with Crippen molar-refractivity contribution in [1.82, 2.24) is 20.0 Å². The number of carbonyl (C=O) groups excluding carboxylic acids is 1. The van der Waals surface area contributed by atoms with E-state index < -0.39 is 0 Å². The number of aryl methyl sites for hydroxylation is 2. The van der Waals surface area contributed by atoms with E-state index in [4.69, 9.17) is 11.6 Å². The van der Waals surface area contributed by atoms with Crippen LogP contribution in [0.2, 0.25) is 5.02 Å². The number of amides is 1. The summed E-state index contributed by atoms with van der Waals surface area (Å²) in [6.45, 7) is 5.38. The molecule has 5 nitrogen and oxygen atoms in total. The van der Waals surface area contributed by atoms with Crippen LogP contribution in [0.4, 0.5) is 0 Å². The molecule has 0 saturated carbocycles. The first-order valence-electron chi connectivity index (χ1n) is 8.31. The van der Waals surface area contributed by atoms with Crippen molar-refractivity contribution in [2.45, 2.75) is 19.3 Å². The van der Waals surface area contributed by atoms with Crippen molar-refractivity contribution in [1.29, 1.82) is 0 Å². The van der Waals surface area contributed by atoms with Crippen molar-refractivity contribution in [3.05, 3.63) is 52.3 Å². The first kappa shape index (κ1) is 17.0. The van der Waals surface area contributed by atoms with Crippen LogP contribution in [0, 0.1) is 6.92 Å². The molecule has 0 bridgehead atoms. The number of likely N-dealkylation sites (tertiary alicyclic amines) is 1. The lowest BCUT2D eigenvalue weighted by Crippen LogP contribution is -2.34. The Bertz CT molecular complexity index is 713. The van der Waals surface area contributed by atoms with E-state index in [9.17, 15) is 4.79 Å². The second-order valence-electron chi connectivity index (χ2n) is 6.32. The molecular formula is C18H23ClN4O. The average molecular weight is 347 g/mol. The molecule has 24 heavy (non-hydrogen) atoms. The maximum atomic E-state index is 12.3. The number of hydrogen-bond acceptors (Lipinski definition) is 3. The second kappa shape index (κ2) is 7.36. The number of hydrogen-bond donors (Lipinski definition) is 1. The first-order valence-corrected chi connectivity index (χ1v) is 8.68. The van der Waals surface area contributed by atoms with E-state index in [0.717, 1.165) is 19.6 Å². The summed E-state index contributed by atoms with van der Waals surface area (Å²) < 4.78 is 1.54. The third kappa shape index (κ3) is 3.62. The van der Waals surface area contributed by atoms with Gasteiger partial charge in [0.15, 0.2) is 0 Å². The summed E-state index contributed by atoms with van der Waals surface area (Å²) in [6.07, 6.45) is 1.17. The number of rotatable bonds is 5. The van der Waals surface area contributed by atoms with Crippen LogP contribution in [-0.2, 0) is 7.05 Å². The summed E-state index contributed by atoms with van der Waals surface area (Å²) in [4.78, 5) is 14.7. The van der Waals surface area contributed by atoms with Crippen molar-refractivity contribution in [3.63, 3.8) is 0 Å². The van der Waals surface area contributed by atoms with Gasteiger partial charge in [-0.2, -0.15) is 5.10 Å². The van der Waals surface area contributed by atoms with Crippen LogP contribution < -0.4 is 5.32 Å². The molecule has 2 heterocycles. The van der Waals surface area contributed by atoms with E-state index in [2.05, 4.69) is 45.6 Å². The monoisotopic (exact) mass is 346 g/mol. The predicted molar refractivity (Wildman–Crippen MR) is 95.5 cm³/mol. The lowest BCUT2D eigenvalue weighted by Gasteiger charge is -2.16. The topological polar surface area (TPSA) is 50.2 Å². The number of nitrogens with one attached hydrogen (secondary N) is 1. The zero-order chi connectivity index (χ0) is 17.1. The van der Waals surface area contributed by atoms with E-state index in [0.29, 0.717) is 28.9 Å². The van der Waals surface area contributed by atoms with Crippen molar-refractivity contribution in [2.24, 2.45) is 7.05 Å². The van der Waals surface area contributed by atoms with Crippen LogP contribution in [0.1, 0.15) is 34.1 Å². The van der Waals surface area contributed by atoms with Crippen molar-refractivity contribution >= 4 is 17.5 Å². The van der Waals surface area contributed by atoms with Crippen LogP contribution in [0.5, 0.6) is 0 Å². The smallest absolute Gasteiger partial charge is 0.271 e. The quantitative estimate of drug-likeness (QED) is 0.905. The van der Waals surface area contributed by atoms with Crippen molar-refractivity contribution < 1.29 is 4.79 Å². The van der Waals surface area contributed by atoms with Gasteiger partial charge in [-0.25, -0.2) is 0 Å². The molecule has 1 aliphatic rings. The number of halogens is 1. The Labute approximate surface area is 147 Å². The summed E-state index contributed by atoms with van der Waals surface area (Å²) in [5.74, 6) is 0.429. The second-order valence-corrected chi connectivity index (χ2v) is 6.70. The molecule has 0 spiro atoms. The maximum Gasteiger partial charge on any atom is 0.271 e. The van der Waals surface area contributed by atoms with Gasteiger partial charge in [-0.15, -0.1) is 0 Å². The van der Waals surface area contributed by atoms with Gasteiger partial charge in [0.25, 0.3) is 5.91 Å². The maximum absolute atomic E-state index is 12.3. The van der Waals surface area contributed by atoms with Gasteiger partial charge in [0.1, 0.15) is 5.69 Å². The van der Waals surface area contributed by atoms with E-state index in [1.165, 1.54) is 16.7 Å². The number of nitrogens with zero attached hydrogens (tertiary/aromatic N) is 3. The number of carbonyl (C=O) groups is 1. The molecule has 128 valence electrons. The first-order chi connectivity index (χ1) is 11.6. The lowest BCUT2D eigenvalue weighted by atomic mass is 9.99. The Kier molecular flexibility index (Phi) is 5.21. The van der Waals surface area contributed by atoms with Gasteiger partial charge < -0.3 is 10.2 Å². The SMILES string of the molecule is Cc1nn(C)c(C(=O)NCCN2CC[C@@H](c3ccccc3)C2)c1Cl. The number of benzene rings is 1. The predicted octanol–water partition coefficient (Wildman–Crippen LogP) is 2.60. The van der Waals surface area contributed by atoms with Crippen molar-refractivity contribution in [2.75, 3.05) is 26.2 Å². The van der Waals surface area contributed by atoms with Crippen LogP contribution in [0.25, 0.3) is 0 Å². The van der Waals surface area contributed by atoms with Crippen molar-refractivity contribution in [3.8, 4) is 0 Å². The Morgan fingerprint density at radius 1 is 1.38 bits per heavy atom. The van der Waals surface area contributed by atoms with Crippen LogP contribution in [0.3, 0.4) is 0 Å². The van der Waals surface area contributed by atoms with E-state index in [1.807, 2.05) is 0 Å². The van der Waals surface area contributed by atoms with Gasteiger partial charge in [0.05, 0.1) is 10.7 Å². The highest BCUT2D eigenvalue weighted by atomic mass is 35.5. The molecule has 1 atom stereocenters. The molecule has 6 heteroatoms. The Morgan fingerprint density at radius 2 is 2.12 bits per heavy atom. The minimum atomic E-state index is -0.165. The molecule has 1 fully saturated rings. The minimum absolute atomic E-state index is 0.165. The fourth-order valence-corrected chi connectivity index (χ4v) is 3.57. The van der Waals surface area contributed by atoms with Gasteiger partial charge in [0, 0.05) is 26.7 Å². The van der Waals surface area contributed by atoms with Crippen LogP contribution in [-0.4, -0.2) is 46.8 Å². The number of aromatic nitrogens is 2. The Morgan fingerprint density at radius 3 is 2.79 bits per heavy atom. The van der Waals surface area contributed by atoms with Gasteiger partial charge in [0.2, 0.25) is 0 Å². The zero-order valence-electron chi connectivity index (χ0n) is 14.1. The molecule has 1 aromatic carbocycles. The molecule has 0 radical (unpaired) electrons. The summed E-state index contributed by atoms with van der Waals surface area (Å²) >= 11 is 6.15. The summed E-state index contributed by atoms with van der Waals surface area (Å²) in [5.41, 5.74) is 2.51. The lowest BCUT2D eigenvalue weighted by molar-refractivity contribution is 0.0940. The van der Waals surface area contributed by atoms with Crippen LogP contribution in [0.15, 0.2) is 30.3 Å². The molecule has 1 saturated heterocycles. The minimum Gasteiger partial charge on any atom is -0.349 e. The molecule has 2 aromatic rings. The zero-order valence-corrected chi connectivity index (χ0v) is 14.9. The fraction of sp³-hybridized carbons (Fsp3) is 0.444. The molecule has 1 N–H and O–H groups in total. The largest absolute Gasteiger partial charge is 0.349 e. The normalized spacial score (nSPS) is 18.0. The van der Waals surface area contributed by atoms with Gasteiger partial charge in [-0.3, -0.25) is 9.48 Å². The Hall–Kier alpha value is -1.85. The molecule has 1 aliphatic heterocycles. The average Bonchev–Trinajstić information content (AvgIpc) is 3.13. The molecule has 3 rings (SSSR count). The van der Waals surface area contributed by atoms with E-state index >= 15 is 0 Å². The van der Waals surface area contributed by atoms with Gasteiger partial charge in [-0.05, 0) is 31.4 Å². The molecule has 0 aliphatic carbocycles. The van der Waals surface area contributed by atoms with Crippen LogP contribution >= 0.6 is 11.6 Å². The van der Waals surface area contributed by atoms with E-state index in [-0.39, 0.29) is 5.91 Å². The summed E-state index contributed by atoms with van der Waals surface area (Å²) in [5, 5.41) is 7.55. The molecule has 0 unspecified atom stereocenters. The Balaban J connectivity index is 1.48. The highest BCUT2D eigenvalue weighted by Crippen LogP contribution is 2.26. The molecular weight excluding hydrogens is 324 g/mol. The summed E-state index contributed by atoms with van der Waals surface area (Å²) in [7, 11) is 1.73. The fourth-order valence-electron chi connectivity index (χ4n) is 3.32. The van der Waals surface area contributed by atoms with E-state index in [1.54, 1.807) is 14.0 Å². The third-order valence-corrected chi connectivity index (χ3v) is 5.07. The standard InChI is InChI=1S/C18H23ClN4O/c1-13-16(19)17(22(2)21-13)18(24)20-9-11-23-10-8-15(12-23)14-6-4-3-5-7-14/h3-7,15H,8-12H2,1-2H3,(H,20,24)/t15-/m1/s1. The van der Waals surface area contributed by atoms with Gasteiger partial charge in [-0.1, -0.05) is 41.9 Å². The van der Waals surface area contributed by atoms with Gasteiger partial charge >= 0.3 is 0 Å². The summed E-state index contributed by atoms with van der Waals surface area (Å²) in [6, 6.07) is 10.6. The highest BCUT2D eigenvalue weighted by Gasteiger charge is 2.24. The third-order valence-electron chi connectivity index (χ3n) is 4.62.